The standard InChI is InChI=1S/C12H14N2OS/c1-13-8-4-2-5-9-11(8)16-12(14-9)10-6-3-7-15-10/h3,6-8,13H,2,4-5H2,1H3. The van der Waals surface area contributed by atoms with E-state index < -0.39 is 0 Å². The van der Waals surface area contributed by atoms with E-state index in [9.17, 15) is 0 Å². The highest BCUT2D eigenvalue weighted by Gasteiger charge is 2.24. The molecule has 2 aromatic rings. The maximum atomic E-state index is 5.39. The van der Waals surface area contributed by atoms with Crippen LogP contribution in [0.3, 0.4) is 0 Å². The zero-order valence-electron chi connectivity index (χ0n) is 9.19. The van der Waals surface area contributed by atoms with E-state index in [4.69, 9.17) is 4.42 Å². The Labute approximate surface area is 98.5 Å². The summed E-state index contributed by atoms with van der Waals surface area (Å²) in [6.45, 7) is 0. The molecule has 0 radical (unpaired) electrons. The predicted molar refractivity (Wildman–Crippen MR) is 64.6 cm³/mol. The summed E-state index contributed by atoms with van der Waals surface area (Å²) in [4.78, 5) is 6.07. The van der Waals surface area contributed by atoms with E-state index in [1.165, 1.54) is 23.4 Å². The fourth-order valence-electron chi connectivity index (χ4n) is 2.20. The predicted octanol–water partition coefficient (Wildman–Crippen LogP) is 3.00. The summed E-state index contributed by atoms with van der Waals surface area (Å²) in [5.74, 6) is 0.884. The highest BCUT2D eigenvalue weighted by molar-refractivity contribution is 7.15. The Morgan fingerprint density at radius 1 is 1.56 bits per heavy atom. The van der Waals surface area contributed by atoms with Gasteiger partial charge in [0.2, 0.25) is 0 Å². The summed E-state index contributed by atoms with van der Waals surface area (Å²) in [7, 11) is 2.02. The molecule has 0 fully saturated rings. The first-order valence-electron chi connectivity index (χ1n) is 5.59. The Kier molecular flexibility index (Phi) is 2.53. The molecule has 4 heteroatoms. The van der Waals surface area contributed by atoms with Crippen molar-refractivity contribution in [2.45, 2.75) is 25.3 Å². The molecule has 1 aliphatic carbocycles. The van der Waals surface area contributed by atoms with Crippen molar-refractivity contribution in [3.05, 3.63) is 29.0 Å². The second-order valence-electron chi connectivity index (χ2n) is 4.04. The van der Waals surface area contributed by atoms with Crippen LogP contribution in [0.4, 0.5) is 0 Å². The molecule has 2 aromatic heterocycles. The minimum absolute atomic E-state index is 0.477. The van der Waals surface area contributed by atoms with Crippen molar-refractivity contribution in [3.63, 3.8) is 0 Å². The largest absolute Gasteiger partial charge is 0.462 e. The van der Waals surface area contributed by atoms with Gasteiger partial charge in [0.15, 0.2) is 10.8 Å². The van der Waals surface area contributed by atoms with Crippen LogP contribution in [0, 0.1) is 0 Å². The van der Waals surface area contributed by atoms with Crippen molar-refractivity contribution in [1.29, 1.82) is 0 Å². The molecule has 1 unspecified atom stereocenters. The van der Waals surface area contributed by atoms with Crippen LogP contribution in [-0.2, 0) is 6.42 Å². The van der Waals surface area contributed by atoms with Crippen LogP contribution in [0.1, 0.15) is 29.5 Å². The summed E-state index contributed by atoms with van der Waals surface area (Å²) in [5, 5.41) is 4.37. The maximum absolute atomic E-state index is 5.39. The summed E-state index contributed by atoms with van der Waals surface area (Å²) >= 11 is 1.76. The lowest BCUT2D eigenvalue weighted by Gasteiger charge is -2.19. The van der Waals surface area contributed by atoms with Crippen LogP contribution in [-0.4, -0.2) is 12.0 Å². The number of aryl methyl sites for hydroxylation is 1. The van der Waals surface area contributed by atoms with Crippen molar-refractivity contribution < 1.29 is 4.42 Å². The number of nitrogens with zero attached hydrogens (tertiary/aromatic N) is 1. The Bertz CT molecular complexity index is 475. The van der Waals surface area contributed by atoms with Crippen molar-refractivity contribution in [1.82, 2.24) is 10.3 Å². The van der Waals surface area contributed by atoms with Crippen LogP contribution >= 0.6 is 11.3 Å². The van der Waals surface area contributed by atoms with E-state index in [0.717, 1.165) is 17.2 Å². The maximum Gasteiger partial charge on any atom is 0.162 e. The Morgan fingerprint density at radius 2 is 2.50 bits per heavy atom. The van der Waals surface area contributed by atoms with Crippen LogP contribution in [0.5, 0.6) is 0 Å². The fourth-order valence-corrected chi connectivity index (χ4v) is 3.43. The summed E-state index contributed by atoms with van der Waals surface area (Å²) in [5.41, 5.74) is 1.25. The van der Waals surface area contributed by atoms with Crippen molar-refractivity contribution in [2.75, 3.05) is 7.05 Å². The molecule has 0 aliphatic heterocycles. The van der Waals surface area contributed by atoms with Gasteiger partial charge >= 0.3 is 0 Å². The minimum Gasteiger partial charge on any atom is -0.462 e. The minimum atomic E-state index is 0.477. The molecule has 0 aromatic carbocycles. The van der Waals surface area contributed by atoms with Gasteiger partial charge < -0.3 is 9.73 Å². The first kappa shape index (κ1) is 10.1. The second-order valence-corrected chi connectivity index (χ2v) is 5.07. The van der Waals surface area contributed by atoms with Gasteiger partial charge in [-0.3, -0.25) is 0 Å². The monoisotopic (exact) mass is 234 g/mol. The normalized spacial score (nSPS) is 19.7. The van der Waals surface area contributed by atoms with E-state index in [1.54, 1.807) is 17.6 Å². The van der Waals surface area contributed by atoms with Gasteiger partial charge in [-0.15, -0.1) is 11.3 Å². The molecule has 0 saturated heterocycles. The molecule has 1 atom stereocenters. The molecular formula is C12H14N2OS. The SMILES string of the molecule is CNC1CCCc2nc(-c3ccco3)sc21. The molecule has 3 rings (SSSR count). The lowest BCUT2D eigenvalue weighted by atomic mass is 9.98. The number of hydrogen-bond donors (Lipinski definition) is 1. The molecule has 2 heterocycles. The number of aromatic nitrogens is 1. The first-order valence-corrected chi connectivity index (χ1v) is 6.41. The summed E-state index contributed by atoms with van der Waals surface area (Å²) < 4.78 is 5.39. The van der Waals surface area contributed by atoms with E-state index >= 15 is 0 Å². The van der Waals surface area contributed by atoms with Gasteiger partial charge in [-0.2, -0.15) is 0 Å². The lowest BCUT2D eigenvalue weighted by molar-refractivity contribution is 0.501. The van der Waals surface area contributed by atoms with Gasteiger partial charge in [0.05, 0.1) is 12.0 Å². The third-order valence-electron chi connectivity index (χ3n) is 3.03. The van der Waals surface area contributed by atoms with Gasteiger partial charge in [0.1, 0.15) is 0 Å². The summed E-state index contributed by atoms with van der Waals surface area (Å²) in [6.07, 6.45) is 5.24. The van der Waals surface area contributed by atoms with Crippen molar-refractivity contribution in [2.24, 2.45) is 0 Å². The fraction of sp³-hybridized carbons (Fsp3) is 0.417. The molecule has 0 bridgehead atoms. The van der Waals surface area contributed by atoms with Crippen LogP contribution in [0.15, 0.2) is 22.8 Å². The zero-order valence-corrected chi connectivity index (χ0v) is 10.0. The summed E-state index contributed by atoms with van der Waals surface area (Å²) in [6, 6.07) is 4.36. The van der Waals surface area contributed by atoms with E-state index in [-0.39, 0.29) is 0 Å². The van der Waals surface area contributed by atoms with Crippen molar-refractivity contribution >= 4 is 11.3 Å². The molecule has 0 saturated carbocycles. The van der Waals surface area contributed by atoms with E-state index in [1.807, 2.05) is 19.2 Å². The molecule has 16 heavy (non-hydrogen) atoms. The van der Waals surface area contributed by atoms with Gasteiger partial charge in [-0.25, -0.2) is 4.98 Å². The second kappa shape index (κ2) is 4.03. The molecule has 1 N–H and O–H groups in total. The van der Waals surface area contributed by atoms with Crippen LogP contribution in [0.25, 0.3) is 10.8 Å². The Hall–Kier alpha value is -1.13. The number of nitrogens with one attached hydrogen (secondary N) is 1. The number of hydrogen-bond acceptors (Lipinski definition) is 4. The molecule has 3 nitrogen and oxygen atoms in total. The molecule has 1 aliphatic rings. The quantitative estimate of drug-likeness (QED) is 0.868. The zero-order chi connectivity index (χ0) is 11.0. The van der Waals surface area contributed by atoms with Crippen LogP contribution in [0.2, 0.25) is 0 Å². The molecular weight excluding hydrogens is 220 g/mol. The topological polar surface area (TPSA) is 38.1 Å². The van der Waals surface area contributed by atoms with Gasteiger partial charge in [0, 0.05) is 10.9 Å². The van der Waals surface area contributed by atoms with Crippen LogP contribution < -0.4 is 5.32 Å². The molecule has 0 spiro atoms. The Balaban J connectivity index is 2.02. The van der Waals surface area contributed by atoms with E-state index in [2.05, 4.69) is 10.3 Å². The third-order valence-corrected chi connectivity index (χ3v) is 4.26. The van der Waals surface area contributed by atoms with Crippen molar-refractivity contribution in [3.8, 4) is 10.8 Å². The van der Waals surface area contributed by atoms with Gasteiger partial charge in [0.25, 0.3) is 0 Å². The average molecular weight is 234 g/mol. The number of thiazole rings is 1. The number of fused-ring (bicyclic) bond motifs is 1. The highest BCUT2D eigenvalue weighted by atomic mass is 32.1. The molecule has 84 valence electrons. The third kappa shape index (κ3) is 1.58. The van der Waals surface area contributed by atoms with E-state index in [0.29, 0.717) is 6.04 Å². The number of rotatable bonds is 2. The highest BCUT2D eigenvalue weighted by Crippen LogP contribution is 2.37. The number of furan rings is 1. The molecule has 0 amide bonds. The average Bonchev–Trinajstić information content (AvgIpc) is 2.96. The first-order chi connectivity index (χ1) is 7.88. The Morgan fingerprint density at radius 3 is 3.25 bits per heavy atom. The van der Waals surface area contributed by atoms with Gasteiger partial charge in [-0.05, 0) is 38.4 Å². The van der Waals surface area contributed by atoms with Gasteiger partial charge in [-0.1, -0.05) is 0 Å². The lowest BCUT2D eigenvalue weighted by Crippen LogP contribution is -2.19. The smallest absolute Gasteiger partial charge is 0.162 e.